The van der Waals surface area contributed by atoms with E-state index >= 15 is 0 Å². The average molecular weight is 374 g/mol. The molecule has 1 saturated heterocycles. The van der Waals surface area contributed by atoms with Gasteiger partial charge in [0.1, 0.15) is 5.75 Å². The number of benzene rings is 2. The number of anilines is 1. The van der Waals surface area contributed by atoms with Crippen molar-refractivity contribution >= 4 is 23.2 Å². The quantitative estimate of drug-likeness (QED) is 0.789. The highest BCUT2D eigenvalue weighted by Crippen LogP contribution is 2.39. The topological polar surface area (TPSA) is 47.6 Å². The van der Waals surface area contributed by atoms with E-state index in [4.69, 9.17) is 21.1 Å². The summed E-state index contributed by atoms with van der Waals surface area (Å²) in [5.41, 5.74) is 0.940. The highest BCUT2D eigenvalue weighted by molar-refractivity contribution is 6.31. The lowest BCUT2D eigenvalue weighted by atomic mass is 9.73. The van der Waals surface area contributed by atoms with Gasteiger partial charge in [-0.05, 0) is 55.2 Å². The second-order valence-corrected chi connectivity index (χ2v) is 6.91. The molecule has 1 heterocycles. The van der Waals surface area contributed by atoms with E-state index in [9.17, 15) is 4.79 Å². The second-order valence-electron chi connectivity index (χ2n) is 6.50. The Labute approximate surface area is 159 Å². The van der Waals surface area contributed by atoms with Gasteiger partial charge in [-0.3, -0.25) is 4.79 Å². The maximum absolute atomic E-state index is 13.2. The van der Waals surface area contributed by atoms with E-state index in [1.165, 1.54) is 0 Å². The molecule has 0 aliphatic carbocycles. The van der Waals surface area contributed by atoms with E-state index in [0.29, 0.717) is 37.7 Å². The van der Waals surface area contributed by atoms with Crippen LogP contribution in [0.5, 0.6) is 5.75 Å². The summed E-state index contributed by atoms with van der Waals surface area (Å²) in [5, 5.41) is 3.67. The lowest BCUT2D eigenvalue weighted by molar-refractivity contribution is -0.125. The molecular formula is C21H24ClNO3. The molecule has 3 rings (SSSR count). The van der Waals surface area contributed by atoms with Crippen LogP contribution in [0.4, 0.5) is 5.69 Å². The zero-order valence-corrected chi connectivity index (χ0v) is 15.7. The number of halogens is 1. The average Bonchev–Trinajstić information content (AvgIpc) is 2.68. The van der Waals surface area contributed by atoms with Crippen molar-refractivity contribution in [2.75, 3.05) is 25.1 Å². The molecule has 0 radical (unpaired) electrons. The summed E-state index contributed by atoms with van der Waals surface area (Å²) in [6.45, 7) is 3.84. The summed E-state index contributed by atoms with van der Waals surface area (Å²) in [4.78, 5) is 13.2. The van der Waals surface area contributed by atoms with Crippen LogP contribution in [0.3, 0.4) is 0 Å². The summed E-state index contributed by atoms with van der Waals surface area (Å²) < 4.78 is 11.1. The SMILES string of the molecule is CCCOc1ccc(NC(=O)C2(c3ccccc3Cl)CCOCC2)cc1. The summed E-state index contributed by atoms with van der Waals surface area (Å²) in [7, 11) is 0. The van der Waals surface area contributed by atoms with Crippen LogP contribution in [0.2, 0.25) is 5.02 Å². The van der Waals surface area contributed by atoms with Crippen molar-refractivity contribution in [2.24, 2.45) is 0 Å². The van der Waals surface area contributed by atoms with Crippen molar-refractivity contribution in [1.29, 1.82) is 0 Å². The van der Waals surface area contributed by atoms with Gasteiger partial charge < -0.3 is 14.8 Å². The van der Waals surface area contributed by atoms with Crippen LogP contribution in [0, 0.1) is 0 Å². The number of amides is 1. The largest absolute Gasteiger partial charge is 0.494 e. The Morgan fingerprint density at radius 2 is 1.85 bits per heavy atom. The molecule has 1 amide bonds. The summed E-state index contributed by atoms with van der Waals surface area (Å²) in [6, 6.07) is 15.0. The molecule has 0 aromatic heterocycles. The predicted molar refractivity (Wildman–Crippen MR) is 104 cm³/mol. The van der Waals surface area contributed by atoms with Gasteiger partial charge in [0.25, 0.3) is 0 Å². The first-order valence-corrected chi connectivity index (χ1v) is 9.40. The van der Waals surface area contributed by atoms with Gasteiger partial charge in [-0.2, -0.15) is 0 Å². The van der Waals surface area contributed by atoms with Crippen LogP contribution >= 0.6 is 11.6 Å². The summed E-state index contributed by atoms with van der Waals surface area (Å²) in [5.74, 6) is 0.757. The van der Waals surface area contributed by atoms with Crippen LogP contribution in [0.25, 0.3) is 0 Å². The van der Waals surface area contributed by atoms with Crippen LogP contribution in [-0.2, 0) is 14.9 Å². The number of hydrogen-bond donors (Lipinski definition) is 1. The lowest BCUT2D eigenvalue weighted by Gasteiger charge is -2.36. The number of carbonyl (C=O) groups is 1. The Kier molecular flexibility index (Phi) is 6.17. The third kappa shape index (κ3) is 4.02. The van der Waals surface area contributed by atoms with Crippen molar-refractivity contribution in [3.63, 3.8) is 0 Å². The third-order valence-electron chi connectivity index (χ3n) is 4.76. The number of nitrogens with one attached hydrogen (secondary N) is 1. The van der Waals surface area contributed by atoms with E-state index in [1.54, 1.807) is 0 Å². The van der Waals surface area contributed by atoms with Gasteiger partial charge in [0.05, 0.1) is 12.0 Å². The summed E-state index contributed by atoms with van der Waals surface area (Å²) >= 11 is 6.43. The standard InChI is InChI=1S/C21H24ClNO3/c1-2-13-26-17-9-7-16(8-10-17)23-20(24)21(11-14-25-15-12-21)18-5-3-4-6-19(18)22/h3-10H,2,11-15H2,1H3,(H,23,24). The van der Waals surface area contributed by atoms with Gasteiger partial charge in [0.15, 0.2) is 0 Å². The van der Waals surface area contributed by atoms with Gasteiger partial charge in [0, 0.05) is 23.9 Å². The monoisotopic (exact) mass is 373 g/mol. The van der Waals surface area contributed by atoms with Crippen molar-refractivity contribution < 1.29 is 14.3 Å². The van der Waals surface area contributed by atoms with Crippen LogP contribution in [0.1, 0.15) is 31.7 Å². The van der Waals surface area contributed by atoms with Crippen molar-refractivity contribution in [2.45, 2.75) is 31.6 Å². The normalized spacial score (nSPS) is 16.1. The van der Waals surface area contributed by atoms with E-state index in [2.05, 4.69) is 12.2 Å². The van der Waals surface area contributed by atoms with Crippen molar-refractivity contribution in [1.82, 2.24) is 0 Å². The highest BCUT2D eigenvalue weighted by atomic mass is 35.5. The fourth-order valence-electron chi connectivity index (χ4n) is 3.29. The predicted octanol–water partition coefficient (Wildman–Crippen LogP) is 4.82. The Morgan fingerprint density at radius 1 is 1.15 bits per heavy atom. The van der Waals surface area contributed by atoms with E-state index in [-0.39, 0.29) is 5.91 Å². The Hall–Kier alpha value is -2.04. The molecule has 0 unspecified atom stereocenters. The molecule has 1 aliphatic heterocycles. The zero-order valence-electron chi connectivity index (χ0n) is 15.0. The molecule has 1 fully saturated rings. The molecule has 138 valence electrons. The van der Waals surface area contributed by atoms with E-state index in [1.807, 2.05) is 48.5 Å². The second kappa shape index (κ2) is 8.56. The number of hydrogen-bond acceptors (Lipinski definition) is 3. The molecule has 1 N–H and O–H groups in total. The molecule has 26 heavy (non-hydrogen) atoms. The Morgan fingerprint density at radius 3 is 2.50 bits per heavy atom. The van der Waals surface area contributed by atoms with Gasteiger partial charge in [-0.25, -0.2) is 0 Å². The highest BCUT2D eigenvalue weighted by Gasteiger charge is 2.43. The maximum Gasteiger partial charge on any atom is 0.235 e. The van der Waals surface area contributed by atoms with Crippen LogP contribution < -0.4 is 10.1 Å². The van der Waals surface area contributed by atoms with Crippen LogP contribution in [-0.4, -0.2) is 25.7 Å². The molecule has 0 atom stereocenters. The number of rotatable bonds is 6. The molecule has 0 saturated carbocycles. The first kappa shape index (κ1) is 18.7. The molecule has 2 aromatic carbocycles. The fourth-order valence-corrected chi connectivity index (χ4v) is 3.61. The van der Waals surface area contributed by atoms with E-state index < -0.39 is 5.41 Å². The molecule has 0 spiro atoms. The van der Waals surface area contributed by atoms with Crippen molar-refractivity contribution in [3.8, 4) is 5.75 Å². The minimum atomic E-state index is -0.673. The van der Waals surface area contributed by atoms with Gasteiger partial charge in [0.2, 0.25) is 5.91 Å². The van der Waals surface area contributed by atoms with Gasteiger partial charge >= 0.3 is 0 Å². The smallest absolute Gasteiger partial charge is 0.235 e. The zero-order chi connectivity index (χ0) is 18.4. The molecule has 0 bridgehead atoms. The third-order valence-corrected chi connectivity index (χ3v) is 5.09. The minimum absolute atomic E-state index is 0.0453. The molecule has 2 aromatic rings. The molecule has 4 nitrogen and oxygen atoms in total. The first-order valence-electron chi connectivity index (χ1n) is 9.03. The van der Waals surface area contributed by atoms with Gasteiger partial charge in [-0.15, -0.1) is 0 Å². The molecule has 1 aliphatic rings. The molecule has 5 heteroatoms. The van der Waals surface area contributed by atoms with Gasteiger partial charge in [-0.1, -0.05) is 36.7 Å². The number of ether oxygens (including phenoxy) is 2. The van der Waals surface area contributed by atoms with E-state index in [0.717, 1.165) is 23.4 Å². The minimum Gasteiger partial charge on any atom is -0.494 e. The van der Waals surface area contributed by atoms with Crippen molar-refractivity contribution in [3.05, 3.63) is 59.1 Å². The lowest BCUT2D eigenvalue weighted by Crippen LogP contribution is -2.45. The first-order chi connectivity index (χ1) is 12.7. The fraction of sp³-hybridized carbons (Fsp3) is 0.381. The number of carbonyl (C=O) groups excluding carboxylic acids is 1. The maximum atomic E-state index is 13.2. The Balaban J connectivity index is 1.81. The Bertz CT molecular complexity index is 739. The van der Waals surface area contributed by atoms with Crippen LogP contribution in [0.15, 0.2) is 48.5 Å². The molecular weight excluding hydrogens is 350 g/mol. The summed E-state index contributed by atoms with van der Waals surface area (Å²) in [6.07, 6.45) is 2.18.